The van der Waals surface area contributed by atoms with Crippen molar-refractivity contribution in [2.24, 2.45) is 0 Å². The summed E-state index contributed by atoms with van der Waals surface area (Å²) in [6.45, 7) is 1.44. The summed E-state index contributed by atoms with van der Waals surface area (Å²) >= 11 is 0. The summed E-state index contributed by atoms with van der Waals surface area (Å²) in [5.41, 5.74) is -0.117. The average Bonchev–Trinajstić information content (AvgIpc) is 3.63. The fourth-order valence-corrected chi connectivity index (χ4v) is 4.85. The Morgan fingerprint density at radius 1 is 0.953 bits per heavy atom. The van der Waals surface area contributed by atoms with Gasteiger partial charge in [-0.1, -0.05) is 38.0 Å². The van der Waals surface area contributed by atoms with Crippen molar-refractivity contribution in [1.29, 1.82) is 0 Å². The van der Waals surface area contributed by atoms with E-state index in [1.165, 1.54) is 40.2 Å². The first-order chi connectivity index (χ1) is 20.8. The van der Waals surface area contributed by atoms with Gasteiger partial charge in [-0.25, -0.2) is 32.5 Å². The molecular weight excluding hydrogens is 556 g/mol. The van der Waals surface area contributed by atoms with Crippen LogP contribution in [-0.4, -0.2) is 40.1 Å². The summed E-state index contributed by atoms with van der Waals surface area (Å²) in [7, 11) is 0. The Kier molecular flexibility index (Phi) is 8.86. The number of aliphatic hydroxyl groups is 1. The van der Waals surface area contributed by atoms with Crippen LogP contribution in [0.1, 0.15) is 47.7 Å². The van der Waals surface area contributed by atoms with Crippen molar-refractivity contribution in [3.05, 3.63) is 125 Å². The van der Waals surface area contributed by atoms with Gasteiger partial charge in [-0.2, -0.15) is 10.2 Å². The maximum Gasteiger partial charge on any atom is 0.350 e. The summed E-state index contributed by atoms with van der Waals surface area (Å²) in [4.78, 5) is 29.9. The van der Waals surface area contributed by atoms with Crippen molar-refractivity contribution in [3.63, 3.8) is 0 Å². The van der Waals surface area contributed by atoms with E-state index in [9.17, 15) is 23.5 Å². The van der Waals surface area contributed by atoms with Crippen LogP contribution in [0.25, 0.3) is 5.69 Å². The van der Waals surface area contributed by atoms with Crippen LogP contribution in [0.15, 0.2) is 90.5 Å². The second-order valence-electron chi connectivity index (χ2n) is 10.3. The van der Waals surface area contributed by atoms with Crippen LogP contribution in [-0.2, 0) is 25.1 Å². The second-order valence-corrected chi connectivity index (χ2v) is 10.3. The van der Waals surface area contributed by atoms with Crippen LogP contribution in [0.3, 0.4) is 0 Å². The van der Waals surface area contributed by atoms with E-state index < -0.39 is 29.5 Å². The standard InChI is InChI=1S/C31H31F2N7O3/c1-2-3-4-5-22-6-8-23(9-7-22)29(41)37-25-11-13-26(14-12-25)39-21-36-40(30(39)42)18-31(43,17-38-20-34-19-35-38)27-15-10-24(32)16-28(27)33/h6-16,19-21,43H,2-5,17-18H2,1H3,(H,37,41)/t31-/m0/s1. The van der Waals surface area contributed by atoms with Crippen molar-refractivity contribution in [3.8, 4) is 5.69 Å². The number of carbonyl (C=O) groups is 1. The van der Waals surface area contributed by atoms with E-state index >= 15 is 0 Å². The number of nitrogens with one attached hydrogen (secondary N) is 1. The van der Waals surface area contributed by atoms with Crippen molar-refractivity contribution < 1.29 is 18.7 Å². The predicted octanol–water partition coefficient (Wildman–Crippen LogP) is 4.48. The average molecular weight is 588 g/mol. The number of aromatic nitrogens is 6. The molecule has 0 saturated carbocycles. The lowest BCUT2D eigenvalue weighted by atomic mass is 9.93. The first-order valence-corrected chi connectivity index (χ1v) is 13.9. The van der Waals surface area contributed by atoms with Gasteiger partial charge in [0.1, 0.15) is 36.2 Å². The second kappa shape index (κ2) is 12.9. The minimum atomic E-state index is -2.02. The molecule has 0 bridgehead atoms. The lowest BCUT2D eigenvalue weighted by Gasteiger charge is -2.28. The number of aryl methyl sites for hydroxylation is 1. The Morgan fingerprint density at radius 2 is 1.72 bits per heavy atom. The molecule has 5 aromatic rings. The largest absolute Gasteiger partial charge is 0.381 e. The first-order valence-electron chi connectivity index (χ1n) is 13.9. The molecule has 2 heterocycles. The molecule has 43 heavy (non-hydrogen) atoms. The maximum atomic E-state index is 14.8. The fourth-order valence-electron chi connectivity index (χ4n) is 4.85. The zero-order valence-corrected chi connectivity index (χ0v) is 23.5. The van der Waals surface area contributed by atoms with Gasteiger partial charge in [-0.05, 0) is 60.9 Å². The van der Waals surface area contributed by atoms with E-state index in [1.807, 2.05) is 12.1 Å². The molecular formula is C31H31F2N7O3. The maximum absolute atomic E-state index is 14.8. The molecule has 0 saturated heterocycles. The molecule has 0 spiro atoms. The van der Waals surface area contributed by atoms with E-state index in [4.69, 9.17) is 0 Å². The third-order valence-electron chi connectivity index (χ3n) is 7.16. The Balaban J connectivity index is 1.31. The van der Waals surface area contributed by atoms with Gasteiger partial charge in [0.15, 0.2) is 0 Å². The highest BCUT2D eigenvalue weighted by Crippen LogP contribution is 2.28. The summed E-state index contributed by atoms with van der Waals surface area (Å²) in [6, 6.07) is 17.0. The number of carbonyl (C=O) groups excluding carboxylic acids is 1. The van der Waals surface area contributed by atoms with Crippen LogP contribution < -0.4 is 11.0 Å². The molecule has 10 nitrogen and oxygen atoms in total. The summed E-state index contributed by atoms with van der Waals surface area (Å²) in [5, 5.41) is 22.5. The highest BCUT2D eigenvalue weighted by molar-refractivity contribution is 6.04. The molecule has 5 rings (SSSR count). The predicted molar refractivity (Wildman–Crippen MR) is 156 cm³/mol. The summed E-state index contributed by atoms with van der Waals surface area (Å²) in [6.07, 6.45) is 8.28. The van der Waals surface area contributed by atoms with Gasteiger partial charge in [0, 0.05) is 22.9 Å². The molecule has 0 fully saturated rings. The molecule has 1 amide bonds. The smallest absolute Gasteiger partial charge is 0.350 e. The van der Waals surface area contributed by atoms with Gasteiger partial charge in [-0.3, -0.25) is 4.79 Å². The number of nitrogens with zero attached hydrogens (tertiary/aromatic N) is 6. The van der Waals surface area contributed by atoms with E-state index in [0.29, 0.717) is 23.0 Å². The van der Waals surface area contributed by atoms with Crippen molar-refractivity contribution in [1.82, 2.24) is 29.1 Å². The molecule has 222 valence electrons. The number of anilines is 1. The van der Waals surface area contributed by atoms with Gasteiger partial charge in [0.25, 0.3) is 5.91 Å². The minimum Gasteiger partial charge on any atom is -0.381 e. The zero-order chi connectivity index (χ0) is 30.4. The molecule has 1 atom stereocenters. The summed E-state index contributed by atoms with van der Waals surface area (Å²) in [5.74, 6) is -2.03. The Bertz CT molecular complexity index is 1730. The molecule has 12 heteroatoms. The Hall–Kier alpha value is -4.97. The Labute approximate surface area is 246 Å². The third-order valence-corrected chi connectivity index (χ3v) is 7.16. The van der Waals surface area contributed by atoms with Crippen LogP contribution in [0.5, 0.6) is 0 Å². The monoisotopic (exact) mass is 587 g/mol. The van der Waals surface area contributed by atoms with Crippen molar-refractivity contribution in [2.45, 2.75) is 51.3 Å². The molecule has 2 aromatic heterocycles. The lowest BCUT2D eigenvalue weighted by Crippen LogP contribution is -2.41. The Morgan fingerprint density at radius 3 is 2.40 bits per heavy atom. The topological polar surface area (TPSA) is 120 Å². The van der Waals surface area contributed by atoms with Crippen molar-refractivity contribution in [2.75, 3.05) is 5.32 Å². The van der Waals surface area contributed by atoms with E-state index in [-0.39, 0.29) is 18.0 Å². The highest BCUT2D eigenvalue weighted by atomic mass is 19.1. The first kappa shape index (κ1) is 29.5. The SMILES string of the molecule is CCCCCc1ccc(C(=O)Nc2ccc(-n3cnn(C[C@@](O)(Cn4cncn4)c4ccc(F)cc4F)c3=O)cc2)cc1. The van der Waals surface area contributed by atoms with Crippen LogP contribution in [0, 0.1) is 11.6 Å². The molecule has 0 aliphatic heterocycles. The normalized spacial score (nSPS) is 12.7. The summed E-state index contributed by atoms with van der Waals surface area (Å²) < 4.78 is 31.9. The molecule has 0 aliphatic carbocycles. The number of amides is 1. The third kappa shape index (κ3) is 6.92. The van der Waals surface area contributed by atoms with Gasteiger partial charge >= 0.3 is 5.69 Å². The number of rotatable bonds is 12. The number of unbranched alkanes of at least 4 members (excludes halogenated alkanes) is 2. The van der Waals surface area contributed by atoms with Gasteiger partial charge in [-0.15, -0.1) is 0 Å². The van der Waals surface area contributed by atoms with Crippen LogP contribution in [0.2, 0.25) is 0 Å². The lowest BCUT2D eigenvalue weighted by molar-refractivity contribution is -0.00948. The number of benzene rings is 3. The molecule has 0 radical (unpaired) electrons. The molecule has 3 aromatic carbocycles. The van der Waals surface area contributed by atoms with E-state index in [1.54, 1.807) is 36.4 Å². The van der Waals surface area contributed by atoms with Crippen LogP contribution >= 0.6 is 0 Å². The minimum absolute atomic E-state index is 0.225. The van der Waals surface area contributed by atoms with Crippen molar-refractivity contribution >= 4 is 11.6 Å². The van der Waals surface area contributed by atoms with Crippen LogP contribution in [0.4, 0.5) is 14.5 Å². The van der Waals surface area contributed by atoms with Gasteiger partial charge in [0.05, 0.1) is 18.8 Å². The molecule has 2 N–H and O–H groups in total. The molecule has 0 unspecified atom stereocenters. The number of hydrogen-bond acceptors (Lipinski definition) is 6. The fraction of sp³-hybridized carbons (Fsp3) is 0.258. The van der Waals surface area contributed by atoms with E-state index in [2.05, 4.69) is 27.4 Å². The van der Waals surface area contributed by atoms with E-state index in [0.717, 1.165) is 36.1 Å². The number of hydrogen-bond donors (Lipinski definition) is 2. The van der Waals surface area contributed by atoms with Gasteiger partial charge < -0.3 is 10.4 Å². The van der Waals surface area contributed by atoms with Gasteiger partial charge in [0.2, 0.25) is 0 Å². The zero-order valence-electron chi connectivity index (χ0n) is 23.5. The molecule has 0 aliphatic rings. The number of halogens is 2. The quantitative estimate of drug-likeness (QED) is 0.208. The highest BCUT2D eigenvalue weighted by Gasteiger charge is 2.35.